The number of anilines is 1. The van der Waals surface area contributed by atoms with Crippen molar-refractivity contribution < 1.29 is 4.79 Å². The zero-order chi connectivity index (χ0) is 11.4. The van der Waals surface area contributed by atoms with Gasteiger partial charge in [-0.05, 0) is 25.0 Å². The first-order valence-corrected chi connectivity index (χ1v) is 5.60. The van der Waals surface area contributed by atoms with Crippen LogP contribution < -0.4 is 11.2 Å². The fourth-order valence-electron chi connectivity index (χ4n) is 2.07. The lowest BCUT2D eigenvalue weighted by Gasteiger charge is -2.20. The zero-order valence-electron chi connectivity index (χ0n) is 9.23. The highest BCUT2D eigenvalue weighted by Gasteiger charge is 2.21. The van der Waals surface area contributed by atoms with Crippen molar-refractivity contribution in [2.24, 2.45) is 5.84 Å². The Balaban J connectivity index is 1.96. The summed E-state index contributed by atoms with van der Waals surface area (Å²) in [4.78, 5) is 10.8. The molecule has 1 aromatic rings. The van der Waals surface area contributed by atoms with Gasteiger partial charge in [0.15, 0.2) is 6.29 Å². The Morgan fingerprint density at radius 2 is 2.31 bits per heavy atom. The Morgan fingerprint density at radius 1 is 1.50 bits per heavy atom. The Morgan fingerprint density at radius 3 is 3.00 bits per heavy atom. The molecule has 1 fully saturated rings. The van der Waals surface area contributed by atoms with Crippen LogP contribution in [0.5, 0.6) is 0 Å². The number of hydrogen-bond acceptors (Lipinski definition) is 4. The van der Waals surface area contributed by atoms with Crippen molar-refractivity contribution in [2.75, 3.05) is 18.4 Å². The van der Waals surface area contributed by atoms with Crippen LogP contribution in [0, 0.1) is 0 Å². The number of carbonyl (C=O) groups excluding carboxylic acids is 1. The maximum atomic E-state index is 10.8. The van der Waals surface area contributed by atoms with Crippen molar-refractivity contribution in [1.82, 2.24) is 5.01 Å². The number of nitrogens with two attached hydrogens (primary N) is 1. The van der Waals surface area contributed by atoms with Crippen LogP contribution in [0.2, 0.25) is 0 Å². The van der Waals surface area contributed by atoms with E-state index in [4.69, 9.17) is 5.84 Å². The molecule has 0 saturated carbocycles. The van der Waals surface area contributed by atoms with Crippen LogP contribution in [0.4, 0.5) is 5.69 Å². The van der Waals surface area contributed by atoms with Crippen LogP contribution >= 0.6 is 0 Å². The molecule has 0 amide bonds. The van der Waals surface area contributed by atoms with E-state index >= 15 is 0 Å². The molecule has 1 heterocycles. The fraction of sp³-hybridized carbons (Fsp3) is 0.417. The summed E-state index contributed by atoms with van der Waals surface area (Å²) in [5, 5.41) is 5.16. The van der Waals surface area contributed by atoms with E-state index in [-0.39, 0.29) is 0 Å². The predicted molar refractivity (Wildman–Crippen MR) is 64.2 cm³/mol. The summed E-state index contributed by atoms with van der Waals surface area (Å²) < 4.78 is 0. The first kappa shape index (κ1) is 11.1. The van der Waals surface area contributed by atoms with Gasteiger partial charge < -0.3 is 5.32 Å². The maximum Gasteiger partial charge on any atom is 0.152 e. The summed E-state index contributed by atoms with van der Waals surface area (Å²) >= 11 is 0. The SMILES string of the molecule is NN1CCCC1CNc1ccccc1C=O. The van der Waals surface area contributed by atoms with E-state index in [0.717, 1.165) is 37.9 Å². The van der Waals surface area contributed by atoms with E-state index < -0.39 is 0 Å². The molecule has 0 radical (unpaired) electrons. The van der Waals surface area contributed by atoms with Crippen molar-refractivity contribution in [3.63, 3.8) is 0 Å². The summed E-state index contributed by atoms with van der Waals surface area (Å²) in [5.41, 5.74) is 1.59. The highest BCUT2D eigenvalue weighted by atomic mass is 16.1. The molecule has 86 valence electrons. The summed E-state index contributed by atoms with van der Waals surface area (Å²) in [7, 11) is 0. The van der Waals surface area contributed by atoms with Gasteiger partial charge in [0, 0.05) is 30.4 Å². The second-order valence-electron chi connectivity index (χ2n) is 4.12. The lowest BCUT2D eigenvalue weighted by atomic mass is 10.1. The Hall–Kier alpha value is -1.39. The van der Waals surface area contributed by atoms with Crippen molar-refractivity contribution in [3.05, 3.63) is 29.8 Å². The molecule has 4 heteroatoms. The number of para-hydroxylation sites is 1. The Labute approximate surface area is 95.4 Å². The van der Waals surface area contributed by atoms with Gasteiger partial charge in [-0.25, -0.2) is 5.01 Å². The number of nitrogens with zero attached hydrogens (tertiary/aromatic N) is 1. The number of carbonyl (C=O) groups is 1. The van der Waals surface area contributed by atoms with Gasteiger partial charge in [-0.3, -0.25) is 10.6 Å². The Bertz CT molecular complexity index is 367. The number of aldehydes is 1. The van der Waals surface area contributed by atoms with Crippen LogP contribution in [-0.2, 0) is 0 Å². The minimum atomic E-state index is 0.375. The molecule has 1 atom stereocenters. The molecule has 0 aliphatic carbocycles. The lowest BCUT2D eigenvalue weighted by molar-refractivity contribution is 0.112. The van der Waals surface area contributed by atoms with E-state index in [1.807, 2.05) is 29.3 Å². The van der Waals surface area contributed by atoms with E-state index in [1.165, 1.54) is 0 Å². The molecule has 1 aliphatic heterocycles. The average Bonchev–Trinajstić information content (AvgIpc) is 2.72. The molecule has 0 aromatic heterocycles. The quantitative estimate of drug-likeness (QED) is 0.591. The third kappa shape index (κ3) is 2.40. The van der Waals surface area contributed by atoms with Crippen LogP contribution in [-0.4, -0.2) is 30.4 Å². The van der Waals surface area contributed by atoms with E-state index in [9.17, 15) is 4.79 Å². The van der Waals surface area contributed by atoms with Crippen LogP contribution in [0.1, 0.15) is 23.2 Å². The van der Waals surface area contributed by atoms with Gasteiger partial charge in [-0.1, -0.05) is 12.1 Å². The first-order valence-electron chi connectivity index (χ1n) is 5.60. The molecule has 3 N–H and O–H groups in total. The smallest absolute Gasteiger partial charge is 0.152 e. The Kier molecular flexibility index (Phi) is 3.54. The van der Waals surface area contributed by atoms with E-state index in [1.54, 1.807) is 0 Å². The van der Waals surface area contributed by atoms with Gasteiger partial charge in [0.1, 0.15) is 0 Å². The van der Waals surface area contributed by atoms with Crippen molar-refractivity contribution in [2.45, 2.75) is 18.9 Å². The fourth-order valence-corrected chi connectivity index (χ4v) is 2.07. The molecule has 1 aromatic carbocycles. The third-order valence-corrected chi connectivity index (χ3v) is 3.04. The summed E-state index contributed by atoms with van der Waals surface area (Å²) in [5.74, 6) is 5.84. The van der Waals surface area contributed by atoms with Gasteiger partial charge in [-0.2, -0.15) is 0 Å². The predicted octanol–water partition coefficient (Wildman–Crippen LogP) is 1.25. The first-order chi connectivity index (χ1) is 7.81. The standard InChI is InChI=1S/C12H17N3O/c13-15-7-3-5-11(15)8-14-12-6-2-1-4-10(12)9-16/h1-2,4,6,9,11,14H,3,5,7-8,13H2. The van der Waals surface area contributed by atoms with Gasteiger partial charge in [0.2, 0.25) is 0 Å². The molecule has 1 aliphatic rings. The summed E-state index contributed by atoms with van der Waals surface area (Å²) in [6, 6.07) is 7.88. The van der Waals surface area contributed by atoms with Crippen molar-refractivity contribution in [3.8, 4) is 0 Å². The van der Waals surface area contributed by atoms with Crippen LogP contribution in [0.3, 0.4) is 0 Å². The number of nitrogens with one attached hydrogen (secondary N) is 1. The molecule has 4 nitrogen and oxygen atoms in total. The minimum absolute atomic E-state index is 0.375. The molecule has 1 saturated heterocycles. The molecular formula is C12H17N3O. The maximum absolute atomic E-state index is 10.8. The zero-order valence-corrected chi connectivity index (χ0v) is 9.23. The van der Waals surface area contributed by atoms with Crippen LogP contribution in [0.25, 0.3) is 0 Å². The van der Waals surface area contributed by atoms with E-state index in [2.05, 4.69) is 5.32 Å². The minimum Gasteiger partial charge on any atom is -0.383 e. The number of benzene rings is 1. The summed E-state index contributed by atoms with van der Waals surface area (Å²) in [6.45, 7) is 1.75. The summed E-state index contributed by atoms with van der Waals surface area (Å²) in [6.07, 6.45) is 3.14. The monoisotopic (exact) mass is 219 g/mol. The van der Waals surface area contributed by atoms with E-state index in [0.29, 0.717) is 11.6 Å². The molecule has 0 spiro atoms. The highest BCUT2D eigenvalue weighted by Crippen LogP contribution is 2.16. The molecule has 0 bridgehead atoms. The topological polar surface area (TPSA) is 58.4 Å². The third-order valence-electron chi connectivity index (χ3n) is 3.04. The van der Waals surface area contributed by atoms with Crippen molar-refractivity contribution in [1.29, 1.82) is 0 Å². The number of rotatable bonds is 4. The molecule has 16 heavy (non-hydrogen) atoms. The second kappa shape index (κ2) is 5.09. The molecule has 2 rings (SSSR count). The number of hydrogen-bond donors (Lipinski definition) is 2. The lowest BCUT2D eigenvalue weighted by Crippen LogP contribution is -2.40. The van der Waals surface area contributed by atoms with Crippen molar-refractivity contribution >= 4 is 12.0 Å². The van der Waals surface area contributed by atoms with Gasteiger partial charge >= 0.3 is 0 Å². The van der Waals surface area contributed by atoms with Gasteiger partial charge in [0.25, 0.3) is 0 Å². The second-order valence-corrected chi connectivity index (χ2v) is 4.12. The molecule has 1 unspecified atom stereocenters. The van der Waals surface area contributed by atoms with Crippen LogP contribution in [0.15, 0.2) is 24.3 Å². The van der Waals surface area contributed by atoms with Gasteiger partial charge in [-0.15, -0.1) is 0 Å². The largest absolute Gasteiger partial charge is 0.383 e. The normalized spacial score (nSPS) is 20.9. The number of hydrazine groups is 1. The average molecular weight is 219 g/mol. The van der Waals surface area contributed by atoms with Gasteiger partial charge in [0.05, 0.1) is 0 Å². The molecular weight excluding hydrogens is 202 g/mol. The highest BCUT2D eigenvalue weighted by molar-refractivity contribution is 5.83.